The highest BCUT2D eigenvalue weighted by Crippen LogP contribution is 2.32. The van der Waals surface area contributed by atoms with Gasteiger partial charge in [0, 0.05) is 23.4 Å². The highest BCUT2D eigenvalue weighted by molar-refractivity contribution is 6.33. The Kier molecular flexibility index (Phi) is 7.12. The third-order valence-electron chi connectivity index (χ3n) is 4.98. The van der Waals surface area contributed by atoms with Crippen molar-refractivity contribution in [3.8, 4) is 5.75 Å². The lowest BCUT2D eigenvalue weighted by Crippen LogP contribution is -2.46. The smallest absolute Gasteiger partial charge is 0.408 e. The number of carbonyl (C=O) groups is 2. The molecule has 7 nitrogen and oxygen atoms in total. The van der Waals surface area contributed by atoms with Gasteiger partial charge in [0.05, 0.1) is 5.02 Å². The molecule has 0 bridgehead atoms. The molecule has 1 heterocycles. The molecule has 0 fully saturated rings. The van der Waals surface area contributed by atoms with Crippen molar-refractivity contribution in [3.63, 3.8) is 0 Å². The summed E-state index contributed by atoms with van der Waals surface area (Å²) in [5, 5.41) is 3.38. The van der Waals surface area contributed by atoms with Crippen LogP contribution in [0.1, 0.15) is 37.5 Å². The first-order valence-electron chi connectivity index (χ1n) is 10.4. The van der Waals surface area contributed by atoms with E-state index in [0.29, 0.717) is 10.9 Å². The van der Waals surface area contributed by atoms with Crippen molar-refractivity contribution in [3.05, 3.63) is 74.6 Å². The van der Waals surface area contributed by atoms with E-state index in [1.54, 1.807) is 40.7 Å². The average molecular weight is 472 g/mol. The molecule has 1 unspecified atom stereocenters. The molecule has 0 radical (unpaired) electrons. The minimum atomic E-state index is -1.04. The maximum atomic E-state index is 13.1. The molecule has 3 rings (SSSR count). The number of hydrogen-bond acceptors (Lipinski definition) is 6. The van der Waals surface area contributed by atoms with Gasteiger partial charge in [-0.1, -0.05) is 41.9 Å². The van der Waals surface area contributed by atoms with Crippen molar-refractivity contribution in [2.45, 2.75) is 52.7 Å². The number of nitrogens with one attached hydrogen (secondary N) is 1. The van der Waals surface area contributed by atoms with Crippen LogP contribution < -0.4 is 15.7 Å². The van der Waals surface area contributed by atoms with E-state index in [0.717, 1.165) is 11.1 Å². The molecule has 0 aliphatic heterocycles. The Morgan fingerprint density at radius 3 is 2.39 bits per heavy atom. The monoisotopic (exact) mass is 471 g/mol. The van der Waals surface area contributed by atoms with Crippen molar-refractivity contribution in [1.82, 2.24) is 5.32 Å². The Balaban J connectivity index is 1.90. The molecule has 8 heteroatoms. The van der Waals surface area contributed by atoms with Gasteiger partial charge < -0.3 is 19.2 Å². The van der Waals surface area contributed by atoms with Gasteiger partial charge in [-0.25, -0.2) is 14.4 Å². The van der Waals surface area contributed by atoms with E-state index in [4.69, 9.17) is 25.5 Å². The van der Waals surface area contributed by atoms with Crippen LogP contribution in [0.3, 0.4) is 0 Å². The Labute approximate surface area is 196 Å². The zero-order valence-electron chi connectivity index (χ0n) is 19.2. The van der Waals surface area contributed by atoms with Crippen LogP contribution in [0.2, 0.25) is 5.02 Å². The third-order valence-corrected chi connectivity index (χ3v) is 5.27. The SMILES string of the molecule is Cc1c(C)c2cc(Cl)c(OC(=O)C(Cc3ccccc3)NC(=O)OC(C)(C)C)cc2oc1=O. The van der Waals surface area contributed by atoms with E-state index in [1.165, 1.54) is 6.07 Å². The second kappa shape index (κ2) is 9.67. The number of hydrogen-bond donors (Lipinski definition) is 1. The number of fused-ring (bicyclic) bond motifs is 1. The molecule has 0 spiro atoms. The van der Waals surface area contributed by atoms with Gasteiger partial charge in [-0.3, -0.25) is 0 Å². The van der Waals surface area contributed by atoms with Gasteiger partial charge in [0.2, 0.25) is 0 Å². The van der Waals surface area contributed by atoms with E-state index in [-0.39, 0.29) is 22.8 Å². The highest BCUT2D eigenvalue weighted by Gasteiger charge is 2.27. The van der Waals surface area contributed by atoms with Crippen molar-refractivity contribution < 1.29 is 23.5 Å². The maximum Gasteiger partial charge on any atom is 0.408 e. The first kappa shape index (κ1) is 24.3. The molecule has 1 aromatic heterocycles. The first-order chi connectivity index (χ1) is 15.4. The van der Waals surface area contributed by atoms with Crippen LogP contribution in [0.25, 0.3) is 11.0 Å². The summed E-state index contributed by atoms with van der Waals surface area (Å²) in [5.41, 5.74) is 1.06. The Bertz CT molecular complexity index is 1240. The van der Waals surface area contributed by atoms with E-state index < -0.39 is 29.3 Å². The molecule has 33 heavy (non-hydrogen) atoms. The van der Waals surface area contributed by atoms with Crippen molar-refractivity contribution in [2.24, 2.45) is 0 Å². The summed E-state index contributed by atoms with van der Waals surface area (Å²) in [7, 11) is 0. The van der Waals surface area contributed by atoms with Crippen LogP contribution in [0.4, 0.5) is 4.79 Å². The standard InChI is InChI=1S/C25H26ClNO6/c1-14-15(2)22(28)31-20-13-21(18(26)12-17(14)20)32-23(29)19(11-16-9-7-6-8-10-16)27-24(30)33-25(3,4)5/h6-10,12-13,19H,11H2,1-5H3,(H,27,30). The van der Waals surface area contributed by atoms with Crippen molar-refractivity contribution in [1.29, 1.82) is 0 Å². The Hall–Kier alpha value is -3.32. The van der Waals surface area contributed by atoms with Crippen LogP contribution in [-0.2, 0) is 16.0 Å². The predicted molar refractivity (Wildman–Crippen MR) is 126 cm³/mol. The fourth-order valence-electron chi connectivity index (χ4n) is 3.19. The van der Waals surface area contributed by atoms with Crippen molar-refractivity contribution in [2.75, 3.05) is 0 Å². The minimum absolute atomic E-state index is 0.0182. The fraction of sp³-hybridized carbons (Fsp3) is 0.320. The lowest BCUT2D eigenvalue weighted by molar-refractivity contribution is -0.136. The van der Waals surface area contributed by atoms with Gasteiger partial charge in [-0.05, 0) is 51.8 Å². The second-order valence-corrected chi connectivity index (χ2v) is 9.14. The lowest BCUT2D eigenvalue weighted by Gasteiger charge is -2.23. The molecule has 3 aromatic rings. The molecule has 0 aliphatic carbocycles. The number of carbonyl (C=O) groups excluding carboxylic acids is 2. The molecule has 1 N–H and O–H groups in total. The summed E-state index contributed by atoms with van der Waals surface area (Å²) >= 11 is 6.36. The molecule has 2 aromatic carbocycles. The highest BCUT2D eigenvalue weighted by atomic mass is 35.5. The molecule has 1 amide bonds. The molecule has 0 aliphatic rings. The third kappa shape index (κ3) is 6.14. The molecular formula is C25H26ClNO6. The number of alkyl carbamates (subject to hydrolysis) is 1. The second-order valence-electron chi connectivity index (χ2n) is 8.73. The quantitative estimate of drug-likeness (QED) is 0.316. The molecule has 0 saturated heterocycles. The van der Waals surface area contributed by atoms with Crippen LogP contribution in [-0.4, -0.2) is 23.7 Å². The normalized spacial score (nSPS) is 12.3. The molecular weight excluding hydrogens is 446 g/mol. The van der Waals surface area contributed by atoms with Crippen LogP contribution >= 0.6 is 11.6 Å². The van der Waals surface area contributed by atoms with Gasteiger partial charge >= 0.3 is 17.7 Å². The topological polar surface area (TPSA) is 94.8 Å². The van der Waals surface area contributed by atoms with Gasteiger partial charge in [0.1, 0.15) is 17.2 Å². The summed E-state index contributed by atoms with van der Waals surface area (Å²) in [4.78, 5) is 37.4. The number of halogens is 1. The minimum Gasteiger partial charge on any atom is -0.444 e. The van der Waals surface area contributed by atoms with E-state index in [2.05, 4.69) is 5.32 Å². The first-order valence-corrected chi connectivity index (χ1v) is 10.8. The molecule has 174 valence electrons. The van der Waals surface area contributed by atoms with E-state index in [9.17, 15) is 14.4 Å². The summed E-state index contributed by atoms with van der Waals surface area (Å²) < 4.78 is 16.1. The van der Waals surface area contributed by atoms with Crippen LogP contribution in [0.5, 0.6) is 5.75 Å². The summed E-state index contributed by atoms with van der Waals surface area (Å²) in [6.07, 6.45) is -0.570. The van der Waals surface area contributed by atoms with Crippen LogP contribution in [0, 0.1) is 13.8 Å². The fourth-order valence-corrected chi connectivity index (χ4v) is 3.40. The van der Waals surface area contributed by atoms with Crippen molar-refractivity contribution >= 4 is 34.6 Å². The Morgan fingerprint density at radius 2 is 1.76 bits per heavy atom. The number of benzene rings is 2. The zero-order valence-corrected chi connectivity index (χ0v) is 19.9. The number of amides is 1. The van der Waals surface area contributed by atoms with Gasteiger partial charge in [-0.2, -0.15) is 0 Å². The summed E-state index contributed by atoms with van der Waals surface area (Å²) in [6.45, 7) is 8.63. The average Bonchev–Trinajstić information content (AvgIpc) is 2.72. The predicted octanol–water partition coefficient (Wildman–Crippen LogP) is 5.10. The summed E-state index contributed by atoms with van der Waals surface area (Å²) in [5.74, 6) is -0.721. The van der Waals surface area contributed by atoms with Gasteiger partial charge in [0.25, 0.3) is 0 Å². The van der Waals surface area contributed by atoms with Gasteiger partial charge in [0.15, 0.2) is 5.75 Å². The number of aryl methyl sites for hydroxylation is 1. The number of esters is 1. The van der Waals surface area contributed by atoms with Gasteiger partial charge in [-0.15, -0.1) is 0 Å². The molecule has 1 atom stereocenters. The number of ether oxygens (including phenoxy) is 2. The largest absolute Gasteiger partial charge is 0.444 e. The van der Waals surface area contributed by atoms with Crippen LogP contribution in [0.15, 0.2) is 51.7 Å². The van der Waals surface area contributed by atoms with E-state index >= 15 is 0 Å². The lowest BCUT2D eigenvalue weighted by atomic mass is 10.1. The summed E-state index contributed by atoms with van der Waals surface area (Å²) in [6, 6.07) is 11.1. The maximum absolute atomic E-state index is 13.1. The molecule has 0 saturated carbocycles. The number of rotatable bonds is 5. The Morgan fingerprint density at radius 1 is 1.09 bits per heavy atom. The zero-order chi connectivity index (χ0) is 24.3. The van der Waals surface area contributed by atoms with E-state index in [1.807, 2.05) is 30.3 Å².